The first kappa shape index (κ1) is 21.9. The van der Waals surface area contributed by atoms with E-state index in [1.54, 1.807) is 0 Å². The molecule has 0 saturated heterocycles. The van der Waals surface area contributed by atoms with E-state index in [1.165, 1.54) is 48.5 Å². The SMILES string of the molecule is O=C(COC(=O)c1cccc(S(=O)(=O)Nc2ccc(F)cc2)c1)Nc1ccccc1F. The molecule has 7 nitrogen and oxygen atoms in total. The number of nitrogens with one attached hydrogen (secondary N) is 2. The van der Waals surface area contributed by atoms with E-state index in [2.05, 4.69) is 10.0 Å². The summed E-state index contributed by atoms with van der Waals surface area (Å²) in [6.45, 7) is -0.696. The van der Waals surface area contributed by atoms with Crippen LogP contribution >= 0.6 is 0 Å². The lowest BCUT2D eigenvalue weighted by Gasteiger charge is -2.10. The summed E-state index contributed by atoms with van der Waals surface area (Å²) in [6, 6.07) is 15.1. The van der Waals surface area contributed by atoms with Crippen LogP contribution in [0.1, 0.15) is 10.4 Å². The molecule has 3 aromatic rings. The molecule has 1 amide bonds. The second-order valence-corrected chi connectivity index (χ2v) is 7.93. The van der Waals surface area contributed by atoms with Crippen LogP contribution in [0.2, 0.25) is 0 Å². The summed E-state index contributed by atoms with van der Waals surface area (Å²) < 4.78 is 58.7. The number of benzene rings is 3. The Morgan fingerprint density at radius 3 is 2.32 bits per heavy atom. The zero-order valence-electron chi connectivity index (χ0n) is 15.8. The first-order chi connectivity index (χ1) is 14.7. The van der Waals surface area contributed by atoms with Crippen LogP contribution in [0.15, 0.2) is 77.7 Å². The number of carbonyl (C=O) groups excluding carboxylic acids is 2. The molecule has 3 rings (SSSR count). The highest BCUT2D eigenvalue weighted by Crippen LogP contribution is 2.18. The van der Waals surface area contributed by atoms with Gasteiger partial charge in [-0.3, -0.25) is 9.52 Å². The van der Waals surface area contributed by atoms with Crippen molar-refractivity contribution in [3.05, 3.63) is 90.0 Å². The van der Waals surface area contributed by atoms with Crippen molar-refractivity contribution in [3.63, 3.8) is 0 Å². The third-order valence-corrected chi connectivity index (χ3v) is 5.34. The van der Waals surface area contributed by atoms with E-state index in [0.717, 1.165) is 24.3 Å². The van der Waals surface area contributed by atoms with Crippen molar-refractivity contribution >= 4 is 33.3 Å². The molecule has 0 aromatic heterocycles. The van der Waals surface area contributed by atoms with Gasteiger partial charge >= 0.3 is 5.97 Å². The van der Waals surface area contributed by atoms with Crippen LogP contribution in [0.25, 0.3) is 0 Å². The van der Waals surface area contributed by atoms with Crippen LogP contribution in [0.4, 0.5) is 20.2 Å². The van der Waals surface area contributed by atoms with Crippen LogP contribution in [0.5, 0.6) is 0 Å². The molecule has 0 aliphatic rings. The number of hydrogen-bond acceptors (Lipinski definition) is 5. The van der Waals surface area contributed by atoms with Gasteiger partial charge in [0.25, 0.3) is 15.9 Å². The molecule has 0 fully saturated rings. The van der Waals surface area contributed by atoms with Crippen molar-refractivity contribution in [1.82, 2.24) is 0 Å². The van der Waals surface area contributed by atoms with Crippen molar-refractivity contribution in [3.8, 4) is 0 Å². The van der Waals surface area contributed by atoms with Gasteiger partial charge in [0.15, 0.2) is 6.61 Å². The minimum atomic E-state index is -4.06. The molecule has 0 bridgehead atoms. The number of esters is 1. The van der Waals surface area contributed by atoms with E-state index in [4.69, 9.17) is 4.74 Å². The van der Waals surface area contributed by atoms with Gasteiger partial charge in [-0.15, -0.1) is 0 Å². The quantitative estimate of drug-likeness (QED) is 0.541. The van der Waals surface area contributed by atoms with Crippen LogP contribution in [0, 0.1) is 11.6 Å². The molecule has 10 heteroatoms. The van der Waals surface area contributed by atoms with Gasteiger partial charge in [-0.25, -0.2) is 22.0 Å². The van der Waals surface area contributed by atoms with Gasteiger partial charge in [0.05, 0.1) is 16.1 Å². The van der Waals surface area contributed by atoms with E-state index in [-0.39, 0.29) is 21.8 Å². The van der Waals surface area contributed by atoms with Gasteiger partial charge in [-0.1, -0.05) is 18.2 Å². The molecule has 0 aliphatic heterocycles. The topological polar surface area (TPSA) is 102 Å². The summed E-state index contributed by atoms with van der Waals surface area (Å²) in [4.78, 5) is 23.8. The molecule has 0 radical (unpaired) electrons. The number of para-hydroxylation sites is 1. The summed E-state index contributed by atoms with van der Waals surface area (Å²) in [6.07, 6.45) is 0. The Morgan fingerprint density at radius 1 is 0.903 bits per heavy atom. The van der Waals surface area contributed by atoms with Crippen molar-refractivity contribution in [2.24, 2.45) is 0 Å². The number of amides is 1. The maximum absolute atomic E-state index is 13.5. The molecule has 0 unspecified atom stereocenters. The molecule has 0 aliphatic carbocycles. The molecule has 31 heavy (non-hydrogen) atoms. The Balaban J connectivity index is 1.64. The zero-order chi connectivity index (χ0) is 22.4. The highest BCUT2D eigenvalue weighted by atomic mass is 32.2. The van der Waals surface area contributed by atoms with Crippen molar-refractivity contribution in [1.29, 1.82) is 0 Å². The molecular weight excluding hydrogens is 430 g/mol. The Labute approximate surface area is 176 Å². The third-order valence-electron chi connectivity index (χ3n) is 3.96. The average Bonchev–Trinajstić information content (AvgIpc) is 2.75. The fraction of sp³-hybridized carbons (Fsp3) is 0.0476. The molecule has 0 spiro atoms. The largest absolute Gasteiger partial charge is 0.452 e. The second kappa shape index (κ2) is 9.35. The van der Waals surface area contributed by atoms with E-state index in [1.807, 2.05) is 0 Å². The van der Waals surface area contributed by atoms with Crippen molar-refractivity contribution in [2.75, 3.05) is 16.6 Å². The first-order valence-corrected chi connectivity index (χ1v) is 10.3. The summed E-state index contributed by atoms with van der Waals surface area (Å²) >= 11 is 0. The van der Waals surface area contributed by atoms with Gasteiger partial charge in [0.2, 0.25) is 0 Å². The highest BCUT2D eigenvalue weighted by molar-refractivity contribution is 7.92. The van der Waals surface area contributed by atoms with E-state index in [9.17, 15) is 26.8 Å². The molecule has 0 saturated carbocycles. The van der Waals surface area contributed by atoms with Crippen LogP contribution < -0.4 is 10.0 Å². The van der Waals surface area contributed by atoms with Gasteiger partial charge in [-0.05, 0) is 54.6 Å². The Morgan fingerprint density at radius 2 is 1.61 bits per heavy atom. The van der Waals surface area contributed by atoms with Crippen molar-refractivity contribution in [2.45, 2.75) is 4.90 Å². The van der Waals surface area contributed by atoms with Crippen LogP contribution in [-0.2, 0) is 19.6 Å². The Bertz CT molecular complexity index is 1210. The lowest BCUT2D eigenvalue weighted by atomic mass is 10.2. The number of hydrogen-bond donors (Lipinski definition) is 2. The summed E-state index contributed by atoms with van der Waals surface area (Å²) in [5.74, 6) is -2.87. The molecule has 2 N–H and O–H groups in total. The average molecular weight is 446 g/mol. The number of anilines is 2. The van der Waals surface area contributed by atoms with Crippen LogP contribution in [-0.4, -0.2) is 26.9 Å². The van der Waals surface area contributed by atoms with Gasteiger partial charge in [-0.2, -0.15) is 0 Å². The maximum Gasteiger partial charge on any atom is 0.338 e. The van der Waals surface area contributed by atoms with E-state index >= 15 is 0 Å². The van der Waals surface area contributed by atoms with Gasteiger partial charge < -0.3 is 10.1 Å². The number of carbonyl (C=O) groups is 2. The lowest BCUT2D eigenvalue weighted by molar-refractivity contribution is -0.119. The highest BCUT2D eigenvalue weighted by Gasteiger charge is 2.18. The van der Waals surface area contributed by atoms with Crippen molar-refractivity contribution < 1.29 is 31.5 Å². The first-order valence-electron chi connectivity index (χ1n) is 8.84. The predicted octanol–water partition coefficient (Wildman–Crippen LogP) is 3.56. The maximum atomic E-state index is 13.5. The smallest absolute Gasteiger partial charge is 0.338 e. The van der Waals surface area contributed by atoms with E-state index in [0.29, 0.717) is 0 Å². The molecule has 3 aromatic carbocycles. The number of sulfonamides is 1. The Kier molecular flexibility index (Phi) is 6.61. The minimum Gasteiger partial charge on any atom is -0.452 e. The van der Waals surface area contributed by atoms with Gasteiger partial charge in [0, 0.05) is 5.69 Å². The molecular formula is C21H16F2N2O5S. The minimum absolute atomic E-state index is 0.0662. The zero-order valence-corrected chi connectivity index (χ0v) is 16.7. The molecule has 160 valence electrons. The summed E-state index contributed by atoms with van der Waals surface area (Å²) in [7, 11) is -4.06. The second-order valence-electron chi connectivity index (χ2n) is 6.24. The fourth-order valence-corrected chi connectivity index (χ4v) is 3.59. The number of rotatable bonds is 7. The van der Waals surface area contributed by atoms with E-state index < -0.39 is 40.1 Å². The normalized spacial score (nSPS) is 10.9. The van der Waals surface area contributed by atoms with Gasteiger partial charge in [0.1, 0.15) is 11.6 Å². The monoisotopic (exact) mass is 446 g/mol. The third kappa shape index (κ3) is 5.86. The van der Waals surface area contributed by atoms with Crippen LogP contribution in [0.3, 0.4) is 0 Å². The fourth-order valence-electron chi connectivity index (χ4n) is 2.49. The number of halogens is 2. The predicted molar refractivity (Wildman–Crippen MR) is 109 cm³/mol. The molecule has 0 atom stereocenters. The number of ether oxygens (including phenoxy) is 1. The Hall–Kier alpha value is -3.79. The summed E-state index contributed by atoms with van der Waals surface area (Å²) in [5.41, 5.74) is -0.0385. The molecule has 0 heterocycles. The standard InChI is InChI=1S/C21H16F2N2O5S/c22-15-8-10-16(11-9-15)25-31(28,29)17-5-3-4-14(12-17)21(27)30-13-20(26)24-19-7-2-1-6-18(19)23/h1-12,25H,13H2,(H,24,26). The summed E-state index contributed by atoms with van der Waals surface area (Å²) in [5, 5.41) is 2.26. The lowest BCUT2D eigenvalue weighted by Crippen LogP contribution is -2.21.